The topological polar surface area (TPSA) is 38.3 Å². The Kier molecular flexibility index (Phi) is 4.29. The van der Waals surface area contributed by atoms with Gasteiger partial charge in [0.2, 0.25) is 0 Å². The van der Waals surface area contributed by atoms with Gasteiger partial charge in [-0.05, 0) is 24.3 Å². The number of hydrogen-bond acceptors (Lipinski definition) is 3. The van der Waals surface area contributed by atoms with Crippen LogP contribution in [0.1, 0.15) is 11.5 Å². The number of halogens is 1. The number of furan rings is 2. The van der Waals surface area contributed by atoms with Crippen LogP contribution in [0.3, 0.4) is 0 Å². The van der Waals surface area contributed by atoms with Crippen molar-refractivity contribution in [1.29, 1.82) is 0 Å². The molecular weight excluding hydrogens is 202 g/mol. The smallest absolute Gasteiger partial charge is 0.117 e. The lowest BCUT2D eigenvalue weighted by Crippen LogP contribution is -3.00. The lowest BCUT2D eigenvalue weighted by molar-refractivity contribution is -0.00000372. The molecule has 76 valence electrons. The highest BCUT2D eigenvalue weighted by molar-refractivity contribution is 5.00. The molecule has 0 amide bonds. The first-order chi connectivity index (χ1) is 6.45. The standard InChI is InChI=1S/C10H11NO2.ClH/c1-3-9(12-5-1)7-11-8-10-4-2-6-13-10;/h1-6,11H,7-8H2;1H/p-1. The van der Waals surface area contributed by atoms with Gasteiger partial charge in [-0.15, -0.1) is 0 Å². The maximum absolute atomic E-state index is 5.16. The van der Waals surface area contributed by atoms with E-state index in [1.165, 1.54) is 0 Å². The molecule has 0 spiro atoms. The molecule has 0 atom stereocenters. The van der Waals surface area contributed by atoms with E-state index in [1.54, 1.807) is 12.5 Å². The molecule has 0 fully saturated rings. The summed E-state index contributed by atoms with van der Waals surface area (Å²) in [6, 6.07) is 7.64. The minimum atomic E-state index is 0. The van der Waals surface area contributed by atoms with Crippen molar-refractivity contribution < 1.29 is 21.2 Å². The Morgan fingerprint density at radius 2 is 1.43 bits per heavy atom. The third kappa shape index (κ3) is 2.94. The van der Waals surface area contributed by atoms with E-state index in [9.17, 15) is 0 Å². The van der Waals surface area contributed by atoms with E-state index in [0.29, 0.717) is 0 Å². The highest BCUT2D eigenvalue weighted by atomic mass is 35.5. The van der Waals surface area contributed by atoms with Crippen LogP contribution in [0, 0.1) is 0 Å². The predicted octanol–water partition coefficient (Wildman–Crippen LogP) is -0.834. The molecule has 1 N–H and O–H groups in total. The van der Waals surface area contributed by atoms with Crippen LogP contribution in [0.15, 0.2) is 45.6 Å². The van der Waals surface area contributed by atoms with Gasteiger partial charge in [0.15, 0.2) is 0 Å². The van der Waals surface area contributed by atoms with Crippen LogP contribution in [0.2, 0.25) is 0 Å². The Hall–Kier alpha value is -1.19. The molecule has 4 heteroatoms. The zero-order valence-corrected chi connectivity index (χ0v) is 8.33. The predicted molar refractivity (Wildman–Crippen MR) is 48.0 cm³/mol. The maximum atomic E-state index is 5.16. The fourth-order valence-corrected chi connectivity index (χ4v) is 1.14. The molecule has 2 aromatic rings. The minimum absolute atomic E-state index is 0. The van der Waals surface area contributed by atoms with Crippen molar-refractivity contribution in [2.24, 2.45) is 0 Å². The first kappa shape index (κ1) is 10.9. The summed E-state index contributed by atoms with van der Waals surface area (Å²) in [5.74, 6) is 1.87. The van der Waals surface area contributed by atoms with E-state index in [-0.39, 0.29) is 12.4 Å². The van der Waals surface area contributed by atoms with E-state index < -0.39 is 0 Å². The van der Waals surface area contributed by atoms with Gasteiger partial charge in [0.1, 0.15) is 11.5 Å². The fourth-order valence-electron chi connectivity index (χ4n) is 1.14. The lowest BCUT2D eigenvalue weighted by atomic mass is 10.4. The zero-order chi connectivity index (χ0) is 8.93. The van der Waals surface area contributed by atoms with E-state index in [1.807, 2.05) is 24.3 Å². The van der Waals surface area contributed by atoms with Crippen molar-refractivity contribution in [2.75, 3.05) is 0 Å². The molecule has 0 aliphatic carbocycles. The zero-order valence-electron chi connectivity index (χ0n) is 7.57. The normalized spacial score (nSPS) is 9.71. The molecule has 14 heavy (non-hydrogen) atoms. The van der Waals surface area contributed by atoms with Crippen LogP contribution < -0.4 is 17.7 Å². The molecule has 0 unspecified atom stereocenters. The van der Waals surface area contributed by atoms with Gasteiger partial charge in [0.25, 0.3) is 0 Å². The van der Waals surface area contributed by atoms with Crippen molar-refractivity contribution in [3.05, 3.63) is 48.3 Å². The lowest BCUT2D eigenvalue weighted by Gasteiger charge is -1.98. The van der Waals surface area contributed by atoms with E-state index >= 15 is 0 Å². The SMILES string of the molecule is [Cl-].c1coc(CNCc2ccco2)c1. The van der Waals surface area contributed by atoms with E-state index in [4.69, 9.17) is 8.83 Å². The molecule has 2 aromatic heterocycles. The van der Waals surface area contributed by atoms with E-state index in [0.717, 1.165) is 24.6 Å². The summed E-state index contributed by atoms with van der Waals surface area (Å²) < 4.78 is 10.3. The fraction of sp³-hybridized carbons (Fsp3) is 0.200. The van der Waals surface area contributed by atoms with Crippen LogP contribution >= 0.6 is 0 Å². The third-order valence-corrected chi connectivity index (χ3v) is 1.76. The summed E-state index contributed by atoms with van der Waals surface area (Å²) in [4.78, 5) is 0. The molecule has 2 heterocycles. The van der Waals surface area contributed by atoms with Crippen molar-refractivity contribution in [1.82, 2.24) is 5.32 Å². The molecule has 0 saturated carbocycles. The summed E-state index contributed by atoms with van der Waals surface area (Å²) in [6.07, 6.45) is 3.34. The molecule has 0 aromatic carbocycles. The number of nitrogens with one attached hydrogen (secondary N) is 1. The van der Waals surface area contributed by atoms with Gasteiger partial charge in [-0.2, -0.15) is 0 Å². The summed E-state index contributed by atoms with van der Waals surface area (Å²) in [7, 11) is 0. The molecule has 0 bridgehead atoms. The van der Waals surface area contributed by atoms with Crippen molar-refractivity contribution >= 4 is 0 Å². The monoisotopic (exact) mass is 212 g/mol. The summed E-state index contributed by atoms with van der Waals surface area (Å²) in [5, 5.41) is 3.20. The second kappa shape index (κ2) is 5.52. The first-order valence-electron chi connectivity index (χ1n) is 4.20. The summed E-state index contributed by atoms with van der Waals surface area (Å²) in [6.45, 7) is 1.46. The van der Waals surface area contributed by atoms with Crippen molar-refractivity contribution in [3.8, 4) is 0 Å². The summed E-state index contributed by atoms with van der Waals surface area (Å²) in [5.41, 5.74) is 0. The average Bonchev–Trinajstić information content (AvgIpc) is 2.75. The van der Waals surface area contributed by atoms with Crippen LogP contribution in [0.4, 0.5) is 0 Å². The van der Waals surface area contributed by atoms with Gasteiger partial charge in [0.05, 0.1) is 25.6 Å². The van der Waals surface area contributed by atoms with Gasteiger partial charge in [0, 0.05) is 0 Å². The van der Waals surface area contributed by atoms with Gasteiger partial charge in [-0.3, -0.25) is 0 Å². The Bertz CT molecular complexity index is 295. The second-order valence-electron chi connectivity index (χ2n) is 2.76. The quantitative estimate of drug-likeness (QED) is 0.719. The average molecular weight is 213 g/mol. The highest BCUT2D eigenvalue weighted by Gasteiger charge is 1.96. The molecule has 0 aliphatic rings. The number of hydrogen-bond donors (Lipinski definition) is 1. The second-order valence-corrected chi connectivity index (χ2v) is 2.76. The molecule has 0 aliphatic heterocycles. The molecule has 0 saturated heterocycles. The van der Waals surface area contributed by atoms with Crippen LogP contribution in [0.5, 0.6) is 0 Å². The van der Waals surface area contributed by atoms with Gasteiger partial charge in [-0.1, -0.05) is 0 Å². The Morgan fingerprint density at radius 3 is 1.79 bits per heavy atom. The van der Waals surface area contributed by atoms with Crippen molar-refractivity contribution in [2.45, 2.75) is 13.1 Å². The Labute approximate surface area is 88.5 Å². The minimum Gasteiger partial charge on any atom is -1.00 e. The maximum Gasteiger partial charge on any atom is 0.117 e. The Balaban J connectivity index is 0.000000980. The molecular formula is C10H11ClNO2-. The largest absolute Gasteiger partial charge is 1.00 e. The van der Waals surface area contributed by atoms with Crippen molar-refractivity contribution in [3.63, 3.8) is 0 Å². The molecule has 2 rings (SSSR count). The van der Waals surface area contributed by atoms with Gasteiger partial charge in [-0.25, -0.2) is 0 Å². The number of rotatable bonds is 4. The molecule has 3 nitrogen and oxygen atoms in total. The van der Waals surface area contributed by atoms with Gasteiger partial charge >= 0.3 is 0 Å². The third-order valence-electron chi connectivity index (χ3n) is 1.76. The van der Waals surface area contributed by atoms with E-state index in [2.05, 4.69) is 5.32 Å². The van der Waals surface area contributed by atoms with Crippen LogP contribution in [-0.2, 0) is 13.1 Å². The first-order valence-corrected chi connectivity index (χ1v) is 4.20. The summed E-state index contributed by atoms with van der Waals surface area (Å²) >= 11 is 0. The van der Waals surface area contributed by atoms with Crippen LogP contribution in [0.25, 0.3) is 0 Å². The Morgan fingerprint density at radius 1 is 0.929 bits per heavy atom. The van der Waals surface area contributed by atoms with Crippen LogP contribution in [-0.4, -0.2) is 0 Å². The van der Waals surface area contributed by atoms with Gasteiger partial charge < -0.3 is 26.6 Å². The highest BCUT2D eigenvalue weighted by Crippen LogP contribution is 2.01. The molecule has 0 radical (unpaired) electrons.